The highest BCUT2D eigenvalue weighted by atomic mass is 32.2. The zero-order valence-corrected chi connectivity index (χ0v) is 31.5. The smallest absolute Gasteiger partial charge is 0.353 e. The lowest BCUT2D eigenvalue weighted by molar-refractivity contribution is -0.0595. The van der Waals surface area contributed by atoms with Crippen molar-refractivity contribution in [3.63, 3.8) is 0 Å². The molecule has 1 spiro atoms. The number of methoxy groups -OCH3 is 2. The number of hydroxylamine groups is 2. The highest BCUT2D eigenvalue weighted by molar-refractivity contribution is 7.92. The van der Waals surface area contributed by atoms with E-state index >= 15 is 0 Å². The van der Waals surface area contributed by atoms with Crippen LogP contribution in [0.15, 0.2) is 52.9 Å². The summed E-state index contributed by atoms with van der Waals surface area (Å²) in [7, 11) is -0.723. The van der Waals surface area contributed by atoms with Crippen molar-refractivity contribution in [3.05, 3.63) is 70.8 Å². The van der Waals surface area contributed by atoms with E-state index in [9.17, 15) is 27.8 Å². The van der Waals surface area contributed by atoms with E-state index in [4.69, 9.17) is 14.2 Å². The number of nitrogens with zero attached hydrogens (tertiary/aromatic N) is 3. The first-order valence-corrected chi connectivity index (χ1v) is 20.2. The van der Waals surface area contributed by atoms with Gasteiger partial charge >= 0.3 is 6.03 Å². The lowest BCUT2D eigenvalue weighted by Crippen LogP contribution is -2.49. The first-order valence-electron chi connectivity index (χ1n) is 18.6. The summed E-state index contributed by atoms with van der Waals surface area (Å²) in [5, 5.41) is 10.6. The summed E-state index contributed by atoms with van der Waals surface area (Å²) in [6.45, 7) is 5.72. The van der Waals surface area contributed by atoms with Crippen molar-refractivity contribution in [2.45, 2.75) is 82.5 Å². The van der Waals surface area contributed by atoms with Crippen molar-refractivity contribution in [1.29, 1.82) is 0 Å². The van der Waals surface area contributed by atoms with Crippen LogP contribution in [0.1, 0.15) is 66.1 Å². The van der Waals surface area contributed by atoms with Crippen LogP contribution < -0.4 is 14.4 Å². The summed E-state index contributed by atoms with van der Waals surface area (Å²) in [5.41, 5.74) is 4.47. The monoisotopic (exact) mass is 756 g/mol. The summed E-state index contributed by atoms with van der Waals surface area (Å²) < 4.78 is 65.8. The van der Waals surface area contributed by atoms with E-state index < -0.39 is 52.3 Å². The molecule has 2 aromatic rings. The van der Waals surface area contributed by atoms with Gasteiger partial charge in [0.25, 0.3) is 5.91 Å². The van der Waals surface area contributed by atoms with Gasteiger partial charge in [0.1, 0.15) is 15.7 Å². The Labute approximate surface area is 310 Å². The number of carbonyl (C=O) groups excluding carboxylic acids is 2. The third-order valence-corrected chi connectivity index (χ3v) is 14.0. The minimum atomic E-state index is -3.93. The summed E-state index contributed by atoms with van der Waals surface area (Å²) in [4.78, 5) is 29.5. The zero-order chi connectivity index (χ0) is 37.7. The van der Waals surface area contributed by atoms with Crippen molar-refractivity contribution in [3.8, 4) is 5.75 Å². The summed E-state index contributed by atoms with van der Waals surface area (Å²) in [6.07, 6.45) is 5.18. The van der Waals surface area contributed by atoms with Crippen LogP contribution in [0, 0.1) is 30.6 Å². The maximum absolute atomic E-state index is 14.5. The van der Waals surface area contributed by atoms with Crippen LogP contribution in [0.3, 0.4) is 0 Å². The first-order chi connectivity index (χ1) is 25.3. The number of aryl methyl sites for hydroxylation is 2. The van der Waals surface area contributed by atoms with E-state index in [-0.39, 0.29) is 40.2 Å². The van der Waals surface area contributed by atoms with Crippen molar-refractivity contribution in [2.24, 2.45) is 28.0 Å². The third kappa shape index (κ3) is 7.56. The number of halogens is 2. The van der Waals surface area contributed by atoms with Crippen LogP contribution in [-0.2, 0) is 31.2 Å². The van der Waals surface area contributed by atoms with Crippen LogP contribution >= 0.6 is 0 Å². The van der Waals surface area contributed by atoms with Crippen LogP contribution in [-0.4, -0.2) is 90.8 Å². The number of urea groups is 1. The molecule has 14 heteroatoms. The van der Waals surface area contributed by atoms with E-state index in [0.29, 0.717) is 31.4 Å². The molecule has 3 aliphatic carbocycles. The highest BCUT2D eigenvalue weighted by Gasteiger charge is 2.50. The topological polar surface area (TPSA) is 130 Å². The highest BCUT2D eigenvalue weighted by Crippen LogP contribution is 2.47. The van der Waals surface area contributed by atoms with Gasteiger partial charge in [-0.15, -0.1) is 4.36 Å². The first kappa shape index (κ1) is 37.7. The predicted octanol–water partition coefficient (Wildman–Crippen LogP) is 6.31. The molecule has 9 atom stereocenters. The maximum atomic E-state index is 14.5. The predicted molar refractivity (Wildman–Crippen MR) is 196 cm³/mol. The van der Waals surface area contributed by atoms with Gasteiger partial charge in [-0.3, -0.25) is 10.0 Å². The Kier molecular flexibility index (Phi) is 10.6. The lowest BCUT2D eigenvalue weighted by Gasteiger charge is -2.46. The molecule has 53 heavy (non-hydrogen) atoms. The van der Waals surface area contributed by atoms with Crippen molar-refractivity contribution in [2.75, 3.05) is 44.6 Å². The fourth-order valence-corrected chi connectivity index (χ4v) is 10.7. The Bertz CT molecular complexity index is 1890. The van der Waals surface area contributed by atoms with E-state index in [0.717, 1.165) is 37.8 Å². The molecule has 2 aliphatic heterocycles. The molecule has 7 rings (SSSR count). The molecule has 2 N–H and O–H groups in total. The molecule has 2 bridgehead atoms. The van der Waals surface area contributed by atoms with E-state index in [1.54, 1.807) is 32.2 Å². The average Bonchev–Trinajstić information content (AvgIpc) is 3.93. The number of anilines is 1. The largest absolute Gasteiger partial charge is 0.490 e. The third-order valence-electron chi connectivity index (χ3n) is 12.0. The van der Waals surface area contributed by atoms with Gasteiger partial charge in [-0.2, -0.15) is 0 Å². The van der Waals surface area contributed by atoms with Gasteiger partial charge in [-0.05, 0) is 92.5 Å². The van der Waals surface area contributed by atoms with Gasteiger partial charge in [-0.25, -0.2) is 27.6 Å². The molecule has 0 aromatic heterocycles. The molecule has 288 valence electrons. The normalized spacial score (nSPS) is 34.5. The summed E-state index contributed by atoms with van der Waals surface area (Å²) in [5.74, 6) is -1.73. The fourth-order valence-electron chi connectivity index (χ4n) is 8.89. The second-order valence-corrected chi connectivity index (χ2v) is 17.7. The van der Waals surface area contributed by atoms with Gasteiger partial charge in [0.2, 0.25) is 6.43 Å². The number of hydrogen-bond donors (Lipinski definition) is 2. The Balaban J connectivity index is 1.29. The quantitative estimate of drug-likeness (QED) is 0.207. The Hall–Kier alpha value is -3.59. The number of amides is 3. The second kappa shape index (κ2) is 14.9. The second-order valence-electron chi connectivity index (χ2n) is 15.7. The zero-order valence-electron chi connectivity index (χ0n) is 30.7. The molecule has 2 heterocycles. The molecule has 2 saturated carbocycles. The van der Waals surface area contributed by atoms with Crippen LogP contribution in [0.25, 0.3) is 0 Å². The van der Waals surface area contributed by atoms with Gasteiger partial charge in [0.05, 0.1) is 36.3 Å². The molecule has 0 saturated heterocycles. The Morgan fingerprint density at radius 1 is 1.15 bits per heavy atom. The number of fused-ring (bicyclic) bond motifs is 4. The van der Waals surface area contributed by atoms with Crippen LogP contribution in [0.2, 0.25) is 0 Å². The Morgan fingerprint density at radius 2 is 1.92 bits per heavy atom. The minimum absolute atomic E-state index is 0.103. The molecular formula is C39H50F2N4O7S. The van der Waals surface area contributed by atoms with Crippen LogP contribution in [0.5, 0.6) is 5.75 Å². The number of benzene rings is 2. The van der Waals surface area contributed by atoms with Crippen LogP contribution in [0.4, 0.5) is 19.3 Å². The molecule has 1 unspecified atom stereocenters. The number of carbonyl (C=O) groups is 2. The summed E-state index contributed by atoms with van der Waals surface area (Å²) >= 11 is 0. The van der Waals surface area contributed by atoms with E-state index in [1.165, 1.54) is 23.8 Å². The fraction of sp³-hybridized carbons (Fsp3) is 0.590. The van der Waals surface area contributed by atoms with Gasteiger partial charge < -0.3 is 19.1 Å². The molecule has 2 fully saturated rings. The summed E-state index contributed by atoms with van der Waals surface area (Å²) in [6, 6.07) is 9.35. The number of hydrogen-bond acceptors (Lipinski definition) is 8. The number of alkyl halides is 2. The molecule has 11 nitrogen and oxygen atoms in total. The molecule has 2 aromatic carbocycles. The molecule has 0 radical (unpaired) electrons. The molecular weight excluding hydrogens is 707 g/mol. The average molecular weight is 757 g/mol. The van der Waals surface area contributed by atoms with Crippen molar-refractivity contribution >= 4 is 27.5 Å². The van der Waals surface area contributed by atoms with Gasteiger partial charge in [0, 0.05) is 44.2 Å². The van der Waals surface area contributed by atoms with Gasteiger partial charge in [-0.1, -0.05) is 42.8 Å². The standard InChI is InChI=1S/C39H50F2N4O7S/c1-23-7-11-30-25(16-23)6-5-15-39(30)21-44-19-27-8-10-28(27)34(51-4)14-13-33(50-3)24(2)20-53(49,43-38(47)45(48)31-18-29(31)36(40)41)42-37(46)26-9-12-35(52-22-39)32(44)17-26/h7,9,11-14,16-17,24,27-29,31,33-34,36,48H,5-6,8,10,15,18-22H2,1-4H3,(H,42,43,46,47,49)/b14-13+/t24-,27+,28-,29+,31+,33+,34+,39+,53?/m1/s1. The number of nitrogens with one attached hydrogen (secondary N) is 1. The van der Waals surface area contributed by atoms with Crippen molar-refractivity contribution in [1.82, 2.24) is 9.79 Å². The lowest BCUT2D eigenvalue weighted by atomic mass is 9.68. The minimum Gasteiger partial charge on any atom is -0.490 e. The van der Waals surface area contributed by atoms with Crippen molar-refractivity contribution < 1.29 is 42.0 Å². The van der Waals surface area contributed by atoms with Gasteiger partial charge in [0.15, 0.2) is 0 Å². The molecule has 5 aliphatic rings. The van der Waals surface area contributed by atoms with E-state index in [1.807, 2.05) is 12.2 Å². The van der Waals surface area contributed by atoms with E-state index in [2.05, 4.69) is 39.1 Å². The SMILES string of the molecule is CO[C@H]1/C=C/[C@H](OC)[C@H](C)CS(=O)(NC(=O)N(O)[C@H]2C[C@@H]2C(F)F)=NC(=O)c2ccc3c(c2)N(C[C@@H]2CC[C@H]21)C[C@@]1(CCCc2cc(C)ccc21)CO3. The maximum Gasteiger partial charge on any atom is 0.353 e. The molecule has 3 amide bonds. The number of rotatable bonds is 5. The number of ether oxygens (including phenoxy) is 3. The Morgan fingerprint density at radius 3 is 2.62 bits per heavy atom.